The summed E-state index contributed by atoms with van der Waals surface area (Å²) >= 11 is 11.9. The van der Waals surface area contributed by atoms with Gasteiger partial charge in [-0.2, -0.15) is 13.2 Å². The molecule has 162 valence electrons. The van der Waals surface area contributed by atoms with Crippen LogP contribution < -0.4 is 10.2 Å². The molecule has 3 aromatic rings. The summed E-state index contributed by atoms with van der Waals surface area (Å²) in [7, 11) is 0. The van der Waals surface area contributed by atoms with Crippen molar-refractivity contribution in [3.05, 3.63) is 62.4 Å². The van der Waals surface area contributed by atoms with Gasteiger partial charge in [-0.25, -0.2) is 4.79 Å². The molecule has 1 aromatic heterocycles. The maximum atomic E-state index is 13.8. The fourth-order valence-corrected chi connectivity index (χ4v) is 3.82. The van der Waals surface area contributed by atoms with Gasteiger partial charge in [0.05, 0.1) is 16.0 Å². The normalized spacial score (nSPS) is 16.6. The van der Waals surface area contributed by atoms with Crippen molar-refractivity contribution in [3.63, 3.8) is 0 Å². The van der Waals surface area contributed by atoms with Crippen LogP contribution in [0.3, 0.4) is 0 Å². The Morgan fingerprint density at radius 2 is 1.90 bits per heavy atom. The SMILES string of the molecule is O=C(Oc1ccc2c(=O)c(-c3ccc(Cl)cc3Cl)c(C(F)(F)F)oc2c1)[C@@H]1CCCO1. The van der Waals surface area contributed by atoms with E-state index in [2.05, 4.69) is 0 Å². The van der Waals surface area contributed by atoms with E-state index >= 15 is 0 Å². The molecule has 2 heterocycles. The number of hydrogen-bond donors (Lipinski definition) is 0. The van der Waals surface area contributed by atoms with Crippen molar-refractivity contribution in [1.82, 2.24) is 0 Å². The standard InChI is InChI=1S/C21H13Cl2F3O5/c22-10-3-5-12(14(23)8-10)17-18(27)13-6-4-11(30-20(28)15-2-1-7-29-15)9-16(13)31-19(17)21(24,25)26/h3-6,8-9,15H,1-2,7H2/t15-/m0/s1. The Bertz CT molecular complexity index is 1230. The first-order valence-corrected chi connectivity index (χ1v) is 9.87. The van der Waals surface area contributed by atoms with Gasteiger partial charge in [0, 0.05) is 23.3 Å². The molecule has 4 rings (SSSR count). The largest absolute Gasteiger partial charge is 0.450 e. The van der Waals surface area contributed by atoms with Gasteiger partial charge in [-0.3, -0.25) is 4.79 Å². The number of alkyl halides is 3. The predicted octanol–water partition coefficient (Wildman–Crippen LogP) is 5.87. The number of carbonyl (C=O) groups is 1. The summed E-state index contributed by atoms with van der Waals surface area (Å²) in [5, 5.41) is -0.0668. The monoisotopic (exact) mass is 472 g/mol. The van der Waals surface area contributed by atoms with Crippen molar-refractivity contribution < 1.29 is 31.9 Å². The highest BCUT2D eigenvalue weighted by atomic mass is 35.5. The molecule has 1 aliphatic rings. The van der Waals surface area contributed by atoms with Crippen LogP contribution in [0.1, 0.15) is 18.6 Å². The van der Waals surface area contributed by atoms with E-state index in [1.807, 2.05) is 0 Å². The molecule has 0 saturated carbocycles. The molecule has 0 spiro atoms. The van der Waals surface area contributed by atoms with Crippen molar-refractivity contribution in [2.24, 2.45) is 0 Å². The molecule has 5 nitrogen and oxygen atoms in total. The molecule has 0 radical (unpaired) electrons. The van der Waals surface area contributed by atoms with Crippen LogP contribution in [0.2, 0.25) is 10.0 Å². The number of esters is 1. The summed E-state index contributed by atoms with van der Waals surface area (Å²) in [6.07, 6.45) is -4.53. The van der Waals surface area contributed by atoms with E-state index in [-0.39, 0.29) is 32.3 Å². The minimum absolute atomic E-state index is 0.0680. The van der Waals surface area contributed by atoms with Gasteiger partial charge in [0.25, 0.3) is 0 Å². The zero-order valence-electron chi connectivity index (χ0n) is 15.6. The maximum absolute atomic E-state index is 13.8. The van der Waals surface area contributed by atoms with E-state index in [1.54, 1.807) is 0 Å². The molecule has 0 unspecified atom stereocenters. The molecular weight excluding hydrogens is 460 g/mol. The van der Waals surface area contributed by atoms with E-state index < -0.39 is 35.0 Å². The molecule has 1 atom stereocenters. The lowest BCUT2D eigenvalue weighted by Gasteiger charge is -2.14. The lowest BCUT2D eigenvalue weighted by molar-refractivity contribution is -0.152. The second-order valence-corrected chi connectivity index (χ2v) is 7.68. The fourth-order valence-electron chi connectivity index (χ4n) is 3.32. The zero-order chi connectivity index (χ0) is 22.3. The third kappa shape index (κ3) is 4.28. The van der Waals surface area contributed by atoms with Crippen molar-refractivity contribution in [2.75, 3.05) is 6.61 Å². The van der Waals surface area contributed by atoms with Crippen molar-refractivity contribution >= 4 is 40.1 Å². The molecule has 1 saturated heterocycles. The first kappa shape index (κ1) is 21.7. The second kappa shape index (κ2) is 8.18. The summed E-state index contributed by atoms with van der Waals surface area (Å²) in [5.41, 5.74) is -2.22. The quantitative estimate of drug-likeness (QED) is 0.352. The highest BCUT2D eigenvalue weighted by Gasteiger charge is 2.40. The first-order chi connectivity index (χ1) is 14.6. The Morgan fingerprint density at radius 1 is 1.13 bits per heavy atom. The van der Waals surface area contributed by atoms with Gasteiger partial charge in [-0.1, -0.05) is 29.3 Å². The summed E-state index contributed by atoms with van der Waals surface area (Å²) < 4.78 is 56.8. The van der Waals surface area contributed by atoms with Gasteiger partial charge in [-0.05, 0) is 37.1 Å². The third-order valence-corrected chi connectivity index (χ3v) is 5.28. The van der Waals surface area contributed by atoms with Gasteiger partial charge in [0.15, 0.2) is 6.10 Å². The molecule has 31 heavy (non-hydrogen) atoms. The molecule has 0 amide bonds. The Hall–Kier alpha value is -2.55. The Kier molecular flexibility index (Phi) is 5.72. The number of ether oxygens (including phenoxy) is 2. The molecule has 0 bridgehead atoms. The minimum Gasteiger partial charge on any atom is -0.450 e. The van der Waals surface area contributed by atoms with Crippen LogP contribution in [0.5, 0.6) is 5.75 Å². The molecule has 1 aliphatic heterocycles. The van der Waals surface area contributed by atoms with E-state index in [0.29, 0.717) is 19.4 Å². The Morgan fingerprint density at radius 3 is 2.55 bits per heavy atom. The zero-order valence-corrected chi connectivity index (χ0v) is 17.1. The molecule has 0 aliphatic carbocycles. The van der Waals surface area contributed by atoms with Gasteiger partial charge < -0.3 is 13.9 Å². The lowest BCUT2D eigenvalue weighted by atomic mass is 10.0. The topological polar surface area (TPSA) is 65.7 Å². The van der Waals surface area contributed by atoms with Gasteiger partial charge in [0.1, 0.15) is 11.3 Å². The van der Waals surface area contributed by atoms with Crippen molar-refractivity contribution in [3.8, 4) is 16.9 Å². The number of fused-ring (bicyclic) bond motifs is 1. The number of benzene rings is 2. The third-order valence-electron chi connectivity index (χ3n) is 4.73. The second-order valence-electron chi connectivity index (χ2n) is 6.84. The summed E-state index contributed by atoms with van der Waals surface area (Å²) in [6.45, 7) is 0.428. The van der Waals surface area contributed by atoms with Gasteiger partial charge in [0.2, 0.25) is 11.2 Å². The molecule has 0 N–H and O–H groups in total. The van der Waals surface area contributed by atoms with E-state index in [4.69, 9.17) is 37.1 Å². The first-order valence-electron chi connectivity index (χ1n) is 9.12. The minimum atomic E-state index is -4.99. The highest BCUT2D eigenvalue weighted by Crippen LogP contribution is 2.40. The fraction of sp³-hybridized carbons (Fsp3) is 0.238. The maximum Gasteiger partial charge on any atom is 0.450 e. The van der Waals surface area contributed by atoms with E-state index in [9.17, 15) is 22.8 Å². The van der Waals surface area contributed by atoms with Crippen molar-refractivity contribution in [2.45, 2.75) is 25.1 Å². The summed E-state index contributed by atoms with van der Waals surface area (Å²) in [4.78, 5) is 25.1. The predicted molar refractivity (Wildman–Crippen MR) is 108 cm³/mol. The van der Waals surface area contributed by atoms with Crippen molar-refractivity contribution in [1.29, 1.82) is 0 Å². The molecular formula is C21H13Cl2F3O5. The number of hydrogen-bond acceptors (Lipinski definition) is 5. The highest BCUT2D eigenvalue weighted by molar-refractivity contribution is 6.36. The summed E-state index contributed by atoms with van der Waals surface area (Å²) in [6, 6.07) is 7.36. The van der Waals surface area contributed by atoms with E-state index in [0.717, 1.165) is 6.07 Å². The Balaban J connectivity index is 1.85. The van der Waals surface area contributed by atoms with Crippen LogP contribution in [-0.2, 0) is 15.7 Å². The average molecular weight is 473 g/mol. The molecule has 2 aromatic carbocycles. The Labute approximate surface area is 183 Å². The van der Waals surface area contributed by atoms with Gasteiger partial charge in [-0.15, -0.1) is 0 Å². The average Bonchev–Trinajstić information content (AvgIpc) is 3.23. The number of rotatable bonds is 3. The lowest BCUT2D eigenvalue weighted by Crippen LogP contribution is -2.24. The van der Waals surface area contributed by atoms with Crippen LogP contribution in [-0.4, -0.2) is 18.7 Å². The molecule has 10 heteroatoms. The summed E-state index contributed by atoms with van der Waals surface area (Å²) in [5.74, 6) is -2.25. The van der Waals surface area contributed by atoms with Crippen LogP contribution >= 0.6 is 23.2 Å². The number of carbonyl (C=O) groups excluding carboxylic acids is 1. The van der Waals surface area contributed by atoms with Crippen LogP contribution in [0.4, 0.5) is 13.2 Å². The smallest absolute Gasteiger partial charge is 0.450 e. The van der Waals surface area contributed by atoms with Crippen LogP contribution in [0, 0.1) is 0 Å². The van der Waals surface area contributed by atoms with Crippen LogP contribution in [0.25, 0.3) is 22.1 Å². The van der Waals surface area contributed by atoms with Crippen LogP contribution in [0.15, 0.2) is 45.6 Å². The van der Waals surface area contributed by atoms with Gasteiger partial charge >= 0.3 is 12.1 Å². The van der Waals surface area contributed by atoms with E-state index in [1.165, 1.54) is 30.3 Å². The molecule has 1 fully saturated rings. The number of halogens is 5.